The summed E-state index contributed by atoms with van der Waals surface area (Å²) >= 11 is 0. The maximum Gasteiger partial charge on any atom is 0.181 e. The van der Waals surface area contributed by atoms with E-state index < -0.39 is 11.6 Å². The van der Waals surface area contributed by atoms with Crippen LogP contribution in [0.2, 0.25) is 0 Å². The lowest BCUT2D eigenvalue weighted by Crippen LogP contribution is -2.17. The predicted molar refractivity (Wildman–Crippen MR) is 63.5 cm³/mol. The molecule has 0 saturated heterocycles. The highest BCUT2D eigenvalue weighted by molar-refractivity contribution is 5.45. The number of nitrogens with one attached hydrogen (secondary N) is 1. The fraction of sp³-hybridized carbons (Fsp3) is 0.538. The van der Waals surface area contributed by atoms with Gasteiger partial charge in [0.15, 0.2) is 11.6 Å². The Labute approximate surface area is 95.9 Å². The topological polar surface area (TPSA) is 12.0 Å². The second-order valence-electron chi connectivity index (χ2n) is 4.62. The summed E-state index contributed by atoms with van der Waals surface area (Å²) in [5.41, 5.74) is 0.247. The first kappa shape index (κ1) is 12.9. The van der Waals surface area contributed by atoms with Crippen molar-refractivity contribution in [1.82, 2.24) is 0 Å². The number of hydrogen-bond donors (Lipinski definition) is 1. The highest BCUT2D eigenvalue weighted by atomic mass is 19.2. The first-order valence-corrected chi connectivity index (χ1v) is 5.71. The van der Waals surface area contributed by atoms with Crippen LogP contribution >= 0.6 is 0 Å². The summed E-state index contributed by atoms with van der Waals surface area (Å²) in [5.74, 6) is -0.971. The predicted octanol–water partition coefficient (Wildman–Crippen LogP) is 4.20. The van der Waals surface area contributed by atoms with Gasteiger partial charge in [0, 0.05) is 6.04 Å². The van der Waals surface area contributed by atoms with E-state index in [-0.39, 0.29) is 11.7 Å². The lowest BCUT2D eigenvalue weighted by molar-refractivity contribution is 0.503. The minimum absolute atomic E-state index is 0.152. The summed E-state index contributed by atoms with van der Waals surface area (Å²) in [6.45, 7) is 6.28. The van der Waals surface area contributed by atoms with Crippen LogP contribution in [0.5, 0.6) is 0 Å². The molecule has 0 bridgehead atoms. The molecule has 1 N–H and O–H groups in total. The zero-order chi connectivity index (χ0) is 12.1. The van der Waals surface area contributed by atoms with Crippen molar-refractivity contribution in [3.8, 4) is 0 Å². The van der Waals surface area contributed by atoms with E-state index in [2.05, 4.69) is 19.2 Å². The van der Waals surface area contributed by atoms with E-state index in [1.807, 2.05) is 6.92 Å². The van der Waals surface area contributed by atoms with Gasteiger partial charge in [-0.1, -0.05) is 19.9 Å². The Hall–Kier alpha value is -1.12. The third-order valence-electron chi connectivity index (χ3n) is 2.53. The van der Waals surface area contributed by atoms with Crippen molar-refractivity contribution in [2.45, 2.75) is 39.7 Å². The maximum atomic E-state index is 13.3. The quantitative estimate of drug-likeness (QED) is 0.794. The molecule has 90 valence electrons. The average molecular weight is 227 g/mol. The van der Waals surface area contributed by atoms with Crippen molar-refractivity contribution < 1.29 is 8.78 Å². The zero-order valence-corrected chi connectivity index (χ0v) is 10.1. The largest absolute Gasteiger partial charge is 0.380 e. The van der Waals surface area contributed by atoms with Gasteiger partial charge in [0.05, 0.1) is 5.69 Å². The summed E-state index contributed by atoms with van der Waals surface area (Å²) in [6.07, 6.45) is 2.03. The molecule has 0 saturated carbocycles. The fourth-order valence-electron chi connectivity index (χ4n) is 1.54. The first-order valence-electron chi connectivity index (χ1n) is 5.71. The molecule has 0 heterocycles. The number of benzene rings is 1. The van der Waals surface area contributed by atoms with Crippen molar-refractivity contribution in [3.63, 3.8) is 0 Å². The van der Waals surface area contributed by atoms with Crippen LogP contribution in [0, 0.1) is 17.6 Å². The van der Waals surface area contributed by atoms with Crippen LogP contribution in [0.3, 0.4) is 0 Å². The van der Waals surface area contributed by atoms with Crippen LogP contribution in [0.1, 0.15) is 33.6 Å². The minimum Gasteiger partial charge on any atom is -0.380 e. The van der Waals surface area contributed by atoms with E-state index in [0.717, 1.165) is 18.9 Å². The molecule has 1 nitrogen and oxygen atoms in total. The minimum atomic E-state index is -0.805. The molecular weight excluding hydrogens is 208 g/mol. The molecule has 0 aliphatic rings. The monoisotopic (exact) mass is 227 g/mol. The second kappa shape index (κ2) is 5.83. The van der Waals surface area contributed by atoms with Crippen molar-refractivity contribution in [3.05, 3.63) is 29.8 Å². The molecule has 0 aromatic heterocycles. The molecule has 1 aromatic rings. The van der Waals surface area contributed by atoms with Gasteiger partial charge in [-0.3, -0.25) is 0 Å². The lowest BCUT2D eigenvalue weighted by atomic mass is 10.0. The first-order chi connectivity index (χ1) is 7.50. The number of hydrogen-bond acceptors (Lipinski definition) is 1. The average Bonchev–Trinajstić information content (AvgIpc) is 2.22. The van der Waals surface area contributed by atoms with Gasteiger partial charge < -0.3 is 5.32 Å². The molecule has 0 radical (unpaired) electrons. The summed E-state index contributed by atoms with van der Waals surface area (Å²) in [6, 6.07) is 4.35. The molecule has 3 heteroatoms. The highest BCUT2D eigenvalue weighted by Crippen LogP contribution is 2.19. The molecule has 1 atom stereocenters. The van der Waals surface area contributed by atoms with Crippen LogP contribution < -0.4 is 5.32 Å². The summed E-state index contributed by atoms with van der Waals surface area (Å²) in [7, 11) is 0. The Morgan fingerprint density at radius 2 is 1.81 bits per heavy atom. The van der Waals surface area contributed by atoms with E-state index in [9.17, 15) is 8.78 Å². The number of anilines is 1. The van der Waals surface area contributed by atoms with Crippen LogP contribution in [0.15, 0.2) is 18.2 Å². The molecule has 16 heavy (non-hydrogen) atoms. The fourth-order valence-corrected chi connectivity index (χ4v) is 1.54. The number of rotatable bonds is 5. The normalized spacial score (nSPS) is 12.9. The van der Waals surface area contributed by atoms with Crippen LogP contribution in [0.25, 0.3) is 0 Å². The van der Waals surface area contributed by atoms with Gasteiger partial charge in [-0.15, -0.1) is 0 Å². The van der Waals surface area contributed by atoms with Crippen molar-refractivity contribution in [1.29, 1.82) is 0 Å². The summed E-state index contributed by atoms with van der Waals surface area (Å²) in [5, 5.41) is 2.99. The second-order valence-corrected chi connectivity index (χ2v) is 4.62. The van der Waals surface area contributed by atoms with Gasteiger partial charge in [-0.2, -0.15) is 0 Å². The molecule has 0 fully saturated rings. The van der Waals surface area contributed by atoms with E-state index in [1.165, 1.54) is 6.07 Å². The van der Waals surface area contributed by atoms with Gasteiger partial charge in [0.2, 0.25) is 0 Å². The van der Waals surface area contributed by atoms with Gasteiger partial charge in [-0.05, 0) is 37.8 Å². The third-order valence-corrected chi connectivity index (χ3v) is 2.53. The maximum absolute atomic E-state index is 13.3. The molecule has 1 rings (SSSR count). The Kier molecular flexibility index (Phi) is 4.71. The number of halogens is 2. The smallest absolute Gasteiger partial charge is 0.181 e. The van der Waals surface area contributed by atoms with Crippen LogP contribution in [0.4, 0.5) is 14.5 Å². The standard InChI is InChI=1S/C13H19F2N/c1-9(2)7-8-10(3)16-12-6-4-5-11(14)13(12)15/h4-6,9-10,16H,7-8H2,1-3H3. The molecule has 0 spiro atoms. The Morgan fingerprint density at radius 3 is 2.44 bits per heavy atom. The van der Waals surface area contributed by atoms with Crippen LogP contribution in [-0.4, -0.2) is 6.04 Å². The molecule has 1 unspecified atom stereocenters. The lowest BCUT2D eigenvalue weighted by Gasteiger charge is -2.16. The Morgan fingerprint density at radius 1 is 1.12 bits per heavy atom. The van der Waals surface area contributed by atoms with Gasteiger partial charge in [-0.25, -0.2) is 8.78 Å². The van der Waals surface area contributed by atoms with Crippen molar-refractivity contribution in [2.75, 3.05) is 5.32 Å². The van der Waals surface area contributed by atoms with Crippen molar-refractivity contribution in [2.24, 2.45) is 5.92 Å². The molecule has 1 aromatic carbocycles. The third kappa shape index (κ3) is 3.80. The summed E-state index contributed by atoms with van der Waals surface area (Å²) in [4.78, 5) is 0. The molecule has 0 amide bonds. The van der Waals surface area contributed by atoms with Gasteiger partial charge in [0.25, 0.3) is 0 Å². The molecule has 0 aliphatic heterocycles. The zero-order valence-electron chi connectivity index (χ0n) is 10.1. The summed E-state index contributed by atoms with van der Waals surface area (Å²) < 4.78 is 26.3. The highest BCUT2D eigenvalue weighted by Gasteiger charge is 2.10. The van der Waals surface area contributed by atoms with Crippen molar-refractivity contribution >= 4 is 5.69 Å². The Balaban J connectivity index is 2.56. The van der Waals surface area contributed by atoms with E-state index in [1.54, 1.807) is 6.07 Å². The van der Waals surface area contributed by atoms with E-state index in [4.69, 9.17) is 0 Å². The van der Waals surface area contributed by atoms with E-state index >= 15 is 0 Å². The molecule has 0 aliphatic carbocycles. The SMILES string of the molecule is CC(C)CCC(C)Nc1cccc(F)c1F. The van der Waals surface area contributed by atoms with Gasteiger partial charge >= 0.3 is 0 Å². The van der Waals surface area contributed by atoms with Gasteiger partial charge in [0.1, 0.15) is 0 Å². The van der Waals surface area contributed by atoms with E-state index in [0.29, 0.717) is 5.92 Å². The van der Waals surface area contributed by atoms with Crippen LogP contribution in [-0.2, 0) is 0 Å². The molecular formula is C13H19F2N. The Bertz CT molecular complexity index is 337.